The molecule has 1 aromatic carbocycles. The number of carbonyl (C=O) groups excluding carboxylic acids is 1. The van der Waals surface area contributed by atoms with Gasteiger partial charge in [0.15, 0.2) is 0 Å². The predicted octanol–water partition coefficient (Wildman–Crippen LogP) is 3.17. The molecule has 1 amide bonds. The number of amides is 1. The molecule has 1 unspecified atom stereocenters. The van der Waals surface area contributed by atoms with E-state index in [2.05, 4.69) is 34.7 Å². The maximum Gasteiger partial charge on any atom is 0.227 e. The number of aromatic nitrogens is 2. The number of hydrogen-bond donors (Lipinski definition) is 1. The van der Waals surface area contributed by atoms with Crippen LogP contribution in [0.4, 0.5) is 5.82 Å². The van der Waals surface area contributed by atoms with Crippen LogP contribution in [0.2, 0.25) is 0 Å². The minimum atomic E-state index is -0.0377. The lowest BCUT2D eigenvalue weighted by Crippen LogP contribution is -2.22. The Morgan fingerprint density at radius 3 is 3.13 bits per heavy atom. The van der Waals surface area contributed by atoms with E-state index >= 15 is 0 Å². The van der Waals surface area contributed by atoms with Crippen molar-refractivity contribution >= 4 is 11.7 Å². The van der Waals surface area contributed by atoms with Crippen LogP contribution in [-0.2, 0) is 16.0 Å². The van der Waals surface area contributed by atoms with E-state index in [-0.39, 0.29) is 11.9 Å². The smallest absolute Gasteiger partial charge is 0.227 e. The first kappa shape index (κ1) is 15.7. The summed E-state index contributed by atoms with van der Waals surface area (Å²) in [7, 11) is 0. The third-order valence-electron chi connectivity index (χ3n) is 4.25. The van der Waals surface area contributed by atoms with E-state index in [1.165, 1.54) is 11.1 Å². The second-order valence-electron chi connectivity index (χ2n) is 5.76. The molecule has 3 rings (SSSR count). The fraction of sp³-hybridized carbons (Fsp3) is 0.444. The Morgan fingerprint density at radius 2 is 2.26 bits per heavy atom. The molecule has 1 aromatic heterocycles. The molecule has 122 valence electrons. The first-order chi connectivity index (χ1) is 11.3. The van der Waals surface area contributed by atoms with Crippen molar-refractivity contribution in [2.45, 2.75) is 38.6 Å². The van der Waals surface area contributed by atoms with Gasteiger partial charge in [-0.15, -0.1) is 0 Å². The Kier molecular flexibility index (Phi) is 5.08. The maximum absolute atomic E-state index is 12.0. The van der Waals surface area contributed by atoms with Crippen molar-refractivity contribution in [3.05, 3.63) is 47.7 Å². The third-order valence-corrected chi connectivity index (χ3v) is 4.25. The normalized spacial score (nSPS) is 16.8. The predicted molar refractivity (Wildman–Crippen MR) is 89.5 cm³/mol. The van der Waals surface area contributed by atoms with Gasteiger partial charge in [0, 0.05) is 12.7 Å². The highest BCUT2D eigenvalue weighted by molar-refractivity contribution is 5.89. The lowest BCUT2D eigenvalue weighted by molar-refractivity contribution is -0.117. The summed E-state index contributed by atoms with van der Waals surface area (Å²) in [4.78, 5) is 12.0. The van der Waals surface area contributed by atoms with Crippen LogP contribution in [0.25, 0.3) is 0 Å². The molecule has 0 fully saturated rings. The summed E-state index contributed by atoms with van der Waals surface area (Å²) in [6.07, 6.45) is 5.40. The molecular formula is C18H23N3O2. The molecule has 1 N–H and O–H groups in total. The minimum Gasteiger partial charge on any atom is -0.381 e. The lowest BCUT2D eigenvalue weighted by Gasteiger charge is -2.27. The summed E-state index contributed by atoms with van der Waals surface area (Å²) in [6.45, 7) is 3.00. The van der Waals surface area contributed by atoms with E-state index < -0.39 is 0 Å². The number of nitrogens with zero attached hydrogens (tertiary/aromatic N) is 2. The summed E-state index contributed by atoms with van der Waals surface area (Å²) in [5.74, 6) is 0.720. The molecule has 23 heavy (non-hydrogen) atoms. The van der Waals surface area contributed by atoms with Crippen molar-refractivity contribution in [3.63, 3.8) is 0 Å². The Hall–Kier alpha value is -2.14. The number of hydrogen-bond acceptors (Lipinski definition) is 3. The number of aryl methyl sites for hydroxylation is 1. The molecule has 0 spiro atoms. The summed E-state index contributed by atoms with van der Waals surface area (Å²) in [6, 6.07) is 10.6. The number of ether oxygens (including phenoxy) is 1. The van der Waals surface area contributed by atoms with E-state index in [9.17, 15) is 4.79 Å². The van der Waals surface area contributed by atoms with Gasteiger partial charge >= 0.3 is 0 Å². The summed E-state index contributed by atoms with van der Waals surface area (Å²) in [5, 5.41) is 7.42. The Labute approximate surface area is 136 Å². The topological polar surface area (TPSA) is 56.1 Å². The van der Waals surface area contributed by atoms with Gasteiger partial charge in [0.05, 0.1) is 25.3 Å². The molecule has 5 heteroatoms. The Morgan fingerprint density at radius 1 is 1.39 bits per heavy atom. The van der Waals surface area contributed by atoms with Crippen LogP contribution in [-0.4, -0.2) is 28.9 Å². The van der Waals surface area contributed by atoms with Crippen molar-refractivity contribution in [1.29, 1.82) is 0 Å². The van der Waals surface area contributed by atoms with Crippen molar-refractivity contribution in [2.24, 2.45) is 0 Å². The molecule has 2 aromatic rings. The van der Waals surface area contributed by atoms with Gasteiger partial charge in [0.1, 0.15) is 5.82 Å². The SMILES string of the molecule is CCOCCC(=O)Nc1ccnn1C1CCCc2ccccc21. The zero-order valence-electron chi connectivity index (χ0n) is 13.5. The average molecular weight is 313 g/mol. The van der Waals surface area contributed by atoms with Crippen molar-refractivity contribution in [3.8, 4) is 0 Å². The average Bonchev–Trinajstić information content (AvgIpc) is 3.02. The number of fused-ring (bicyclic) bond motifs is 1. The van der Waals surface area contributed by atoms with Crippen LogP contribution >= 0.6 is 0 Å². The molecule has 0 saturated carbocycles. The Bertz CT molecular complexity index is 666. The molecule has 0 bridgehead atoms. The summed E-state index contributed by atoms with van der Waals surface area (Å²) < 4.78 is 7.17. The van der Waals surface area contributed by atoms with E-state index in [4.69, 9.17) is 4.74 Å². The number of nitrogens with one attached hydrogen (secondary N) is 1. The second kappa shape index (κ2) is 7.42. The van der Waals surface area contributed by atoms with Gasteiger partial charge in [-0.05, 0) is 37.3 Å². The molecule has 0 radical (unpaired) electrons. The highest BCUT2D eigenvalue weighted by atomic mass is 16.5. The molecular weight excluding hydrogens is 290 g/mol. The van der Waals surface area contributed by atoms with Gasteiger partial charge < -0.3 is 10.1 Å². The summed E-state index contributed by atoms with van der Waals surface area (Å²) >= 11 is 0. The number of anilines is 1. The first-order valence-electron chi connectivity index (χ1n) is 8.28. The fourth-order valence-corrected chi connectivity index (χ4v) is 3.16. The number of benzene rings is 1. The van der Waals surface area contributed by atoms with E-state index in [0.717, 1.165) is 25.1 Å². The number of carbonyl (C=O) groups is 1. The lowest BCUT2D eigenvalue weighted by atomic mass is 9.88. The van der Waals surface area contributed by atoms with Crippen LogP contribution < -0.4 is 5.32 Å². The van der Waals surface area contributed by atoms with Gasteiger partial charge in [-0.25, -0.2) is 4.68 Å². The molecule has 1 atom stereocenters. The highest BCUT2D eigenvalue weighted by Crippen LogP contribution is 2.34. The van der Waals surface area contributed by atoms with Crippen LogP contribution in [0.5, 0.6) is 0 Å². The van der Waals surface area contributed by atoms with Gasteiger partial charge in [-0.2, -0.15) is 5.10 Å². The highest BCUT2D eigenvalue weighted by Gasteiger charge is 2.24. The molecule has 5 nitrogen and oxygen atoms in total. The molecule has 0 aliphatic heterocycles. The quantitative estimate of drug-likeness (QED) is 0.833. The van der Waals surface area contributed by atoms with Gasteiger partial charge in [0.25, 0.3) is 0 Å². The van der Waals surface area contributed by atoms with Crippen molar-refractivity contribution < 1.29 is 9.53 Å². The molecule has 1 aliphatic rings. The third kappa shape index (κ3) is 3.62. The minimum absolute atomic E-state index is 0.0377. The number of rotatable bonds is 6. The van der Waals surface area contributed by atoms with Gasteiger partial charge in [0.2, 0.25) is 5.91 Å². The zero-order valence-corrected chi connectivity index (χ0v) is 13.5. The largest absolute Gasteiger partial charge is 0.381 e. The first-order valence-corrected chi connectivity index (χ1v) is 8.28. The van der Waals surface area contributed by atoms with Gasteiger partial charge in [-0.1, -0.05) is 24.3 Å². The molecule has 1 heterocycles. The molecule has 1 aliphatic carbocycles. The van der Waals surface area contributed by atoms with E-state index in [0.29, 0.717) is 19.6 Å². The van der Waals surface area contributed by atoms with Crippen LogP contribution in [0.3, 0.4) is 0 Å². The van der Waals surface area contributed by atoms with Crippen LogP contribution in [0.15, 0.2) is 36.5 Å². The Balaban J connectivity index is 1.75. The zero-order chi connectivity index (χ0) is 16.1. The van der Waals surface area contributed by atoms with Gasteiger partial charge in [-0.3, -0.25) is 4.79 Å². The van der Waals surface area contributed by atoms with Crippen LogP contribution in [0.1, 0.15) is 43.4 Å². The van der Waals surface area contributed by atoms with Crippen LogP contribution in [0, 0.1) is 0 Å². The van der Waals surface area contributed by atoms with E-state index in [1.54, 1.807) is 6.20 Å². The fourth-order valence-electron chi connectivity index (χ4n) is 3.16. The van der Waals surface area contributed by atoms with Crippen molar-refractivity contribution in [1.82, 2.24) is 9.78 Å². The molecule has 0 saturated heterocycles. The monoisotopic (exact) mass is 313 g/mol. The standard InChI is InChI=1S/C18H23N3O2/c1-2-23-13-11-18(22)20-17-10-12-19-21(17)16-9-5-7-14-6-3-4-8-15(14)16/h3-4,6,8,10,12,16H,2,5,7,9,11,13H2,1H3,(H,20,22). The summed E-state index contributed by atoms with van der Waals surface area (Å²) in [5.41, 5.74) is 2.69. The van der Waals surface area contributed by atoms with E-state index in [1.807, 2.05) is 17.7 Å². The maximum atomic E-state index is 12.0. The van der Waals surface area contributed by atoms with Crippen molar-refractivity contribution in [2.75, 3.05) is 18.5 Å². The second-order valence-corrected chi connectivity index (χ2v) is 5.76.